The summed E-state index contributed by atoms with van der Waals surface area (Å²) < 4.78 is 0. The van der Waals surface area contributed by atoms with Gasteiger partial charge < -0.3 is 5.32 Å². The van der Waals surface area contributed by atoms with Crippen molar-refractivity contribution in [2.45, 2.75) is 40.2 Å². The molecule has 68 valence electrons. The highest BCUT2D eigenvalue weighted by atomic mass is 14.9. The number of dihydropyridines is 1. The van der Waals surface area contributed by atoms with Crippen LogP contribution in [-0.4, -0.2) is 6.04 Å². The number of rotatable bonds is 1. The van der Waals surface area contributed by atoms with Crippen LogP contribution in [0, 0.1) is 5.41 Å². The smallest absolute Gasteiger partial charge is 0.0416 e. The van der Waals surface area contributed by atoms with Crippen molar-refractivity contribution in [1.82, 2.24) is 5.32 Å². The highest BCUT2D eigenvalue weighted by Crippen LogP contribution is 2.25. The Bertz CT molecular complexity index is 206. The minimum Gasteiger partial charge on any atom is -0.385 e. The van der Waals surface area contributed by atoms with E-state index in [0.29, 0.717) is 11.5 Å². The summed E-state index contributed by atoms with van der Waals surface area (Å²) in [5.74, 6) is 0. The molecule has 1 atom stereocenters. The maximum absolute atomic E-state index is 3.24. The van der Waals surface area contributed by atoms with Crippen molar-refractivity contribution >= 4 is 0 Å². The van der Waals surface area contributed by atoms with E-state index in [0.717, 1.165) is 6.42 Å². The number of allylic oxidation sites excluding steroid dienone is 2. The van der Waals surface area contributed by atoms with Crippen LogP contribution in [0.2, 0.25) is 0 Å². The lowest BCUT2D eigenvalue weighted by atomic mass is 9.87. The molecule has 0 aromatic heterocycles. The average Bonchev–Trinajstić information content (AvgIpc) is 1.82. The van der Waals surface area contributed by atoms with E-state index in [1.54, 1.807) is 0 Å². The lowest BCUT2D eigenvalue weighted by Gasteiger charge is -2.22. The maximum Gasteiger partial charge on any atom is 0.0416 e. The highest BCUT2D eigenvalue weighted by molar-refractivity contribution is 5.25. The molecular weight excluding hydrogens is 146 g/mol. The zero-order valence-electron chi connectivity index (χ0n) is 8.52. The quantitative estimate of drug-likeness (QED) is 0.630. The predicted molar refractivity (Wildman–Crippen MR) is 53.9 cm³/mol. The summed E-state index contributed by atoms with van der Waals surface area (Å²) in [6.45, 7) is 8.99. The van der Waals surface area contributed by atoms with Gasteiger partial charge in [-0.2, -0.15) is 0 Å². The van der Waals surface area contributed by atoms with Crippen LogP contribution >= 0.6 is 0 Å². The first-order chi connectivity index (χ1) is 5.47. The molecule has 1 aliphatic rings. The summed E-state index contributed by atoms with van der Waals surface area (Å²) in [6, 6.07) is 0.493. The van der Waals surface area contributed by atoms with Crippen LogP contribution in [0.1, 0.15) is 34.1 Å². The topological polar surface area (TPSA) is 12.0 Å². The van der Waals surface area contributed by atoms with Gasteiger partial charge in [-0.15, -0.1) is 0 Å². The molecule has 0 spiro atoms. The largest absolute Gasteiger partial charge is 0.385 e. The Morgan fingerprint density at radius 1 is 1.42 bits per heavy atom. The van der Waals surface area contributed by atoms with Crippen LogP contribution in [0.15, 0.2) is 23.9 Å². The second-order valence-electron chi connectivity index (χ2n) is 4.77. The second-order valence-corrected chi connectivity index (χ2v) is 4.77. The summed E-state index contributed by atoms with van der Waals surface area (Å²) in [5, 5.41) is 3.24. The Labute approximate surface area is 75.6 Å². The molecule has 0 aromatic rings. The summed E-state index contributed by atoms with van der Waals surface area (Å²) in [6.07, 6.45) is 7.68. The van der Waals surface area contributed by atoms with Gasteiger partial charge in [0.1, 0.15) is 0 Å². The monoisotopic (exact) mass is 165 g/mol. The van der Waals surface area contributed by atoms with E-state index in [1.807, 2.05) is 6.20 Å². The average molecular weight is 165 g/mol. The minimum atomic E-state index is 0.396. The predicted octanol–water partition coefficient (Wildman–Crippen LogP) is 2.85. The summed E-state index contributed by atoms with van der Waals surface area (Å²) >= 11 is 0. The third kappa shape index (κ3) is 3.12. The molecule has 1 unspecified atom stereocenters. The second kappa shape index (κ2) is 3.34. The van der Waals surface area contributed by atoms with Crippen molar-refractivity contribution in [3.63, 3.8) is 0 Å². The zero-order valence-corrected chi connectivity index (χ0v) is 8.52. The molecule has 1 N–H and O–H groups in total. The molecular formula is C11H19N. The third-order valence-corrected chi connectivity index (χ3v) is 1.86. The van der Waals surface area contributed by atoms with Crippen molar-refractivity contribution in [1.29, 1.82) is 0 Å². The molecule has 0 aliphatic carbocycles. The highest BCUT2D eigenvalue weighted by Gasteiger charge is 2.13. The molecule has 0 fully saturated rings. The number of hydrogen-bond acceptors (Lipinski definition) is 1. The SMILES string of the molecule is CC1C=C(CC(C)(C)C)C=CN1. The van der Waals surface area contributed by atoms with Gasteiger partial charge in [0, 0.05) is 6.04 Å². The van der Waals surface area contributed by atoms with E-state index in [-0.39, 0.29) is 0 Å². The van der Waals surface area contributed by atoms with Crippen LogP contribution < -0.4 is 5.32 Å². The van der Waals surface area contributed by atoms with E-state index in [1.165, 1.54) is 5.57 Å². The summed E-state index contributed by atoms with van der Waals surface area (Å²) in [7, 11) is 0. The standard InChI is InChI=1S/C11H19N/c1-9-7-10(5-6-12-9)8-11(2,3)4/h5-7,9,12H,8H2,1-4H3. The van der Waals surface area contributed by atoms with Crippen molar-refractivity contribution in [2.75, 3.05) is 0 Å². The molecule has 0 amide bonds. The lowest BCUT2D eigenvalue weighted by Crippen LogP contribution is -2.21. The van der Waals surface area contributed by atoms with Crippen molar-refractivity contribution in [3.8, 4) is 0 Å². The normalized spacial score (nSPS) is 23.3. The maximum atomic E-state index is 3.24. The van der Waals surface area contributed by atoms with Crippen LogP contribution in [0.5, 0.6) is 0 Å². The molecule has 0 radical (unpaired) electrons. The van der Waals surface area contributed by atoms with Gasteiger partial charge in [-0.25, -0.2) is 0 Å². The van der Waals surface area contributed by atoms with Crippen LogP contribution in [0.3, 0.4) is 0 Å². The molecule has 0 bridgehead atoms. The first kappa shape index (κ1) is 9.37. The van der Waals surface area contributed by atoms with Gasteiger partial charge in [-0.05, 0) is 36.6 Å². The van der Waals surface area contributed by atoms with E-state index >= 15 is 0 Å². The Morgan fingerprint density at radius 3 is 2.58 bits per heavy atom. The Balaban J connectivity index is 2.58. The van der Waals surface area contributed by atoms with Crippen molar-refractivity contribution < 1.29 is 0 Å². The molecule has 0 aromatic carbocycles. The van der Waals surface area contributed by atoms with Crippen LogP contribution in [0.25, 0.3) is 0 Å². The summed E-state index contributed by atoms with van der Waals surface area (Å²) in [5.41, 5.74) is 1.85. The lowest BCUT2D eigenvalue weighted by molar-refractivity contribution is 0.411. The van der Waals surface area contributed by atoms with Gasteiger partial charge in [0.05, 0.1) is 0 Å². The third-order valence-electron chi connectivity index (χ3n) is 1.86. The Hall–Kier alpha value is -0.720. The molecule has 1 heterocycles. The molecule has 0 saturated carbocycles. The van der Waals surface area contributed by atoms with Gasteiger partial charge in [-0.1, -0.05) is 26.8 Å². The first-order valence-electron chi connectivity index (χ1n) is 4.61. The Morgan fingerprint density at radius 2 is 2.08 bits per heavy atom. The van der Waals surface area contributed by atoms with Gasteiger partial charge in [-0.3, -0.25) is 0 Å². The van der Waals surface area contributed by atoms with E-state index in [9.17, 15) is 0 Å². The van der Waals surface area contributed by atoms with Crippen molar-refractivity contribution in [2.24, 2.45) is 5.41 Å². The molecule has 1 nitrogen and oxygen atoms in total. The first-order valence-corrected chi connectivity index (χ1v) is 4.61. The van der Waals surface area contributed by atoms with Gasteiger partial charge in [0.25, 0.3) is 0 Å². The molecule has 1 heteroatoms. The fourth-order valence-corrected chi connectivity index (χ4v) is 1.46. The number of nitrogens with one attached hydrogen (secondary N) is 1. The fourth-order valence-electron chi connectivity index (χ4n) is 1.46. The molecule has 1 aliphatic heterocycles. The zero-order chi connectivity index (χ0) is 9.19. The van der Waals surface area contributed by atoms with Crippen LogP contribution in [0.4, 0.5) is 0 Å². The summed E-state index contributed by atoms with van der Waals surface area (Å²) in [4.78, 5) is 0. The number of hydrogen-bond donors (Lipinski definition) is 1. The van der Waals surface area contributed by atoms with Gasteiger partial charge in [0.2, 0.25) is 0 Å². The molecule has 12 heavy (non-hydrogen) atoms. The van der Waals surface area contributed by atoms with Crippen molar-refractivity contribution in [3.05, 3.63) is 23.9 Å². The molecule has 0 saturated heterocycles. The van der Waals surface area contributed by atoms with E-state index in [2.05, 4.69) is 45.2 Å². The van der Waals surface area contributed by atoms with Gasteiger partial charge >= 0.3 is 0 Å². The molecule has 1 rings (SSSR count). The van der Waals surface area contributed by atoms with E-state index < -0.39 is 0 Å². The fraction of sp³-hybridized carbons (Fsp3) is 0.636. The minimum absolute atomic E-state index is 0.396. The van der Waals surface area contributed by atoms with Crippen LogP contribution in [-0.2, 0) is 0 Å². The Kier molecular flexibility index (Phi) is 2.61. The van der Waals surface area contributed by atoms with Gasteiger partial charge in [0.15, 0.2) is 0 Å². The van der Waals surface area contributed by atoms with E-state index in [4.69, 9.17) is 0 Å².